The molecule has 0 atom stereocenters. The largest absolute Gasteiger partial charge is 0.453 e. The summed E-state index contributed by atoms with van der Waals surface area (Å²) in [7, 11) is -2.91. The Morgan fingerprint density at radius 1 is 1.03 bits per heavy atom. The number of hydrogen-bond acceptors (Lipinski definition) is 5. The van der Waals surface area contributed by atoms with E-state index in [2.05, 4.69) is 10.8 Å². The lowest BCUT2D eigenvalue weighted by atomic mass is 10.0. The first-order valence-electron chi connectivity index (χ1n) is 10.9. The van der Waals surface area contributed by atoms with Crippen molar-refractivity contribution >= 4 is 9.84 Å². The number of aromatic nitrogens is 2. The van der Waals surface area contributed by atoms with Crippen molar-refractivity contribution < 1.29 is 13.2 Å². The summed E-state index contributed by atoms with van der Waals surface area (Å²) in [5.41, 5.74) is 4.72. The molecule has 7 heteroatoms. The van der Waals surface area contributed by atoms with Crippen molar-refractivity contribution in [1.82, 2.24) is 9.78 Å². The summed E-state index contributed by atoms with van der Waals surface area (Å²) >= 11 is 0. The summed E-state index contributed by atoms with van der Waals surface area (Å²) in [6.45, 7) is 3.88. The lowest BCUT2D eigenvalue weighted by molar-refractivity contribution is 0.395. The van der Waals surface area contributed by atoms with E-state index in [9.17, 15) is 13.7 Å². The highest BCUT2D eigenvalue weighted by Crippen LogP contribution is 2.53. The molecule has 2 aliphatic carbocycles. The van der Waals surface area contributed by atoms with E-state index in [-0.39, 0.29) is 17.5 Å². The molecule has 0 radical (unpaired) electrons. The Bertz CT molecular complexity index is 1110. The minimum atomic E-state index is -2.91. The quantitative estimate of drug-likeness (QED) is 0.695. The number of nitriles is 1. The van der Waals surface area contributed by atoms with E-state index in [1.54, 1.807) is 0 Å². The highest BCUT2D eigenvalue weighted by molar-refractivity contribution is 7.91. The fourth-order valence-electron chi connectivity index (χ4n) is 4.59. The number of benzene rings is 1. The van der Waals surface area contributed by atoms with Crippen LogP contribution < -0.4 is 4.74 Å². The van der Waals surface area contributed by atoms with Crippen LogP contribution in [0.2, 0.25) is 0 Å². The average molecular weight is 426 g/mol. The van der Waals surface area contributed by atoms with Crippen LogP contribution in [0.15, 0.2) is 12.1 Å². The molecule has 2 aromatic rings. The molecule has 3 aliphatic rings. The van der Waals surface area contributed by atoms with Crippen molar-refractivity contribution in [3.05, 3.63) is 40.2 Å². The van der Waals surface area contributed by atoms with Gasteiger partial charge in [-0.3, -0.25) is 4.68 Å². The molecule has 1 saturated heterocycles. The van der Waals surface area contributed by atoms with Gasteiger partial charge < -0.3 is 4.74 Å². The Labute approximate surface area is 177 Å². The van der Waals surface area contributed by atoms with Gasteiger partial charge in [-0.05, 0) is 75.6 Å². The zero-order chi connectivity index (χ0) is 21.0. The number of ether oxygens (including phenoxy) is 1. The first kappa shape index (κ1) is 19.6. The third-order valence-corrected chi connectivity index (χ3v) is 8.28. The van der Waals surface area contributed by atoms with E-state index in [4.69, 9.17) is 9.84 Å². The second-order valence-electron chi connectivity index (χ2n) is 9.12. The van der Waals surface area contributed by atoms with Gasteiger partial charge >= 0.3 is 0 Å². The predicted octanol–water partition coefficient (Wildman–Crippen LogP) is 4.67. The number of aryl methyl sites for hydroxylation is 2. The average Bonchev–Trinajstić information content (AvgIpc) is 3.60. The maximum Gasteiger partial charge on any atom is 0.172 e. The van der Waals surface area contributed by atoms with Gasteiger partial charge in [0, 0.05) is 11.8 Å². The summed E-state index contributed by atoms with van der Waals surface area (Å²) in [4.78, 5) is 0. The Morgan fingerprint density at radius 2 is 1.63 bits per heavy atom. The fourth-order valence-corrected chi connectivity index (χ4v) is 6.05. The van der Waals surface area contributed by atoms with Crippen molar-refractivity contribution in [3.63, 3.8) is 0 Å². The monoisotopic (exact) mass is 425 g/mol. The lowest BCUT2D eigenvalue weighted by Crippen LogP contribution is -2.27. The van der Waals surface area contributed by atoms with Crippen LogP contribution in [0.5, 0.6) is 11.5 Å². The van der Waals surface area contributed by atoms with Gasteiger partial charge in [0.2, 0.25) is 0 Å². The minimum Gasteiger partial charge on any atom is -0.453 e. The van der Waals surface area contributed by atoms with Crippen molar-refractivity contribution in [1.29, 1.82) is 5.26 Å². The highest BCUT2D eigenvalue weighted by atomic mass is 32.2. The second-order valence-corrected chi connectivity index (χ2v) is 11.4. The van der Waals surface area contributed by atoms with Gasteiger partial charge in [-0.1, -0.05) is 0 Å². The highest BCUT2D eigenvalue weighted by Gasteiger charge is 2.40. The molecule has 0 amide bonds. The summed E-state index contributed by atoms with van der Waals surface area (Å²) in [5, 5.41) is 14.4. The summed E-state index contributed by atoms with van der Waals surface area (Å²) in [6, 6.07) is 6.26. The van der Waals surface area contributed by atoms with Crippen LogP contribution in [0.1, 0.15) is 84.5 Å². The molecule has 2 heterocycles. The van der Waals surface area contributed by atoms with Crippen LogP contribution in [0.4, 0.5) is 0 Å². The van der Waals surface area contributed by atoms with Gasteiger partial charge in [0.05, 0.1) is 34.9 Å². The maximum atomic E-state index is 11.9. The zero-order valence-corrected chi connectivity index (χ0v) is 18.3. The molecular weight excluding hydrogens is 398 g/mol. The zero-order valence-electron chi connectivity index (χ0n) is 17.5. The standard InChI is InChI=1S/C23H27N3O3S/c1-14-11-19(12-15(2)20(14)13-24)29-23-21(16-3-4-16)25-26(22(23)17-5-6-17)18-7-9-30(27,28)10-8-18/h11-12,16-18H,3-10H2,1-2H3. The molecule has 158 valence electrons. The van der Waals surface area contributed by atoms with E-state index >= 15 is 0 Å². The Hall–Kier alpha value is -2.33. The SMILES string of the molecule is Cc1cc(Oc2c(C3CC3)nn(C3CCS(=O)(=O)CC3)c2C2CC2)cc(C)c1C#N. The first-order valence-corrected chi connectivity index (χ1v) is 12.7. The Kier molecular flexibility index (Phi) is 4.66. The Morgan fingerprint density at radius 3 is 2.17 bits per heavy atom. The molecular formula is C23H27N3O3S. The molecule has 1 aliphatic heterocycles. The maximum absolute atomic E-state index is 11.9. The molecule has 2 saturated carbocycles. The van der Waals surface area contributed by atoms with E-state index in [1.807, 2.05) is 26.0 Å². The molecule has 3 fully saturated rings. The van der Waals surface area contributed by atoms with Crippen LogP contribution in [0.3, 0.4) is 0 Å². The topological polar surface area (TPSA) is 85.0 Å². The van der Waals surface area contributed by atoms with Crippen LogP contribution in [0, 0.1) is 25.2 Å². The number of nitrogens with zero attached hydrogens (tertiary/aromatic N) is 3. The normalized spacial score (nSPS) is 21.4. The molecule has 6 nitrogen and oxygen atoms in total. The Balaban J connectivity index is 1.55. The molecule has 30 heavy (non-hydrogen) atoms. The van der Waals surface area contributed by atoms with Crippen molar-refractivity contribution in [2.75, 3.05) is 11.5 Å². The first-order chi connectivity index (χ1) is 14.4. The van der Waals surface area contributed by atoms with Gasteiger partial charge in [0.15, 0.2) is 5.75 Å². The van der Waals surface area contributed by atoms with Crippen molar-refractivity contribution in [2.24, 2.45) is 0 Å². The van der Waals surface area contributed by atoms with Crippen LogP contribution >= 0.6 is 0 Å². The van der Waals surface area contributed by atoms with Gasteiger partial charge in [-0.25, -0.2) is 8.42 Å². The summed E-state index contributed by atoms with van der Waals surface area (Å²) in [5.74, 6) is 3.00. The number of rotatable bonds is 5. The van der Waals surface area contributed by atoms with Crippen LogP contribution in [-0.4, -0.2) is 29.7 Å². The molecule has 1 aromatic heterocycles. The number of hydrogen-bond donors (Lipinski definition) is 0. The van der Waals surface area contributed by atoms with Crippen LogP contribution in [-0.2, 0) is 9.84 Å². The molecule has 0 unspecified atom stereocenters. The van der Waals surface area contributed by atoms with Crippen LogP contribution in [0.25, 0.3) is 0 Å². The van der Waals surface area contributed by atoms with Gasteiger partial charge in [-0.15, -0.1) is 0 Å². The smallest absolute Gasteiger partial charge is 0.172 e. The number of sulfone groups is 1. The van der Waals surface area contributed by atoms with E-state index in [0.717, 1.165) is 59.7 Å². The predicted molar refractivity (Wildman–Crippen MR) is 114 cm³/mol. The minimum absolute atomic E-state index is 0.128. The van der Waals surface area contributed by atoms with Crippen molar-refractivity contribution in [3.8, 4) is 17.6 Å². The third-order valence-electron chi connectivity index (χ3n) is 6.56. The van der Waals surface area contributed by atoms with Gasteiger partial charge in [0.1, 0.15) is 21.3 Å². The summed E-state index contributed by atoms with van der Waals surface area (Å²) < 4.78 is 32.5. The van der Waals surface area contributed by atoms with Crippen molar-refractivity contribution in [2.45, 2.75) is 70.3 Å². The summed E-state index contributed by atoms with van der Waals surface area (Å²) in [6.07, 6.45) is 5.76. The second kappa shape index (κ2) is 7.12. The molecule has 1 aromatic carbocycles. The lowest BCUT2D eigenvalue weighted by Gasteiger charge is -2.24. The third kappa shape index (κ3) is 3.62. The van der Waals surface area contributed by atoms with Gasteiger partial charge in [0.25, 0.3) is 0 Å². The van der Waals surface area contributed by atoms with E-state index < -0.39 is 9.84 Å². The van der Waals surface area contributed by atoms with E-state index in [1.165, 1.54) is 0 Å². The van der Waals surface area contributed by atoms with Gasteiger partial charge in [-0.2, -0.15) is 10.4 Å². The molecule has 0 spiro atoms. The molecule has 0 bridgehead atoms. The fraction of sp³-hybridized carbons (Fsp3) is 0.565. The molecule has 5 rings (SSSR count). The van der Waals surface area contributed by atoms with E-state index in [0.29, 0.717) is 30.2 Å². The molecule has 0 N–H and O–H groups in total.